The number of ether oxygens (including phenoxy) is 1. The van der Waals surface area contributed by atoms with E-state index >= 15 is 0 Å². The van der Waals surface area contributed by atoms with Crippen molar-refractivity contribution in [2.75, 3.05) is 6.61 Å². The molecule has 0 radical (unpaired) electrons. The van der Waals surface area contributed by atoms with E-state index < -0.39 is 5.79 Å². The van der Waals surface area contributed by atoms with Gasteiger partial charge >= 0.3 is 0 Å². The second-order valence-corrected chi connectivity index (χ2v) is 3.68. The summed E-state index contributed by atoms with van der Waals surface area (Å²) in [7, 11) is 0. The summed E-state index contributed by atoms with van der Waals surface area (Å²) in [4.78, 5) is 0. The minimum absolute atomic E-state index is 0.303. The monoisotopic (exact) mass is 210 g/mol. The highest BCUT2D eigenvalue weighted by molar-refractivity contribution is 5.19. The maximum absolute atomic E-state index is 9.35. The summed E-state index contributed by atoms with van der Waals surface area (Å²) in [5.41, 5.74) is 0.544. The number of aliphatic hydroxyl groups is 2. The van der Waals surface area contributed by atoms with Crippen molar-refractivity contribution in [3.05, 3.63) is 35.9 Å². The van der Waals surface area contributed by atoms with Gasteiger partial charge in [0, 0.05) is 12.0 Å². The summed E-state index contributed by atoms with van der Waals surface area (Å²) in [6.45, 7) is 4.77. The Bertz CT molecular complexity index is 278. The SMILES string of the molecule is CC1CO1.CCC(O)(O)c1ccccc1. The molecule has 3 heteroatoms. The zero-order valence-corrected chi connectivity index (χ0v) is 9.18. The molecule has 0 amide bonds. The average Bonchev–Trinajstić information content (AvgIpc) is 3.03. The van der Waals surface area contributed by atoms with Crippen LogP contribution in [0.4, 0.5) is 0 Å². The van der Waals surface area contributed by atoms with Gasteiger partial charge in [-0.05, 0) is 6.92 Å². The van der Waals surface area contributed by atoms with Crippen molar-refractivity contribution in [3.8, 4) is 0 Å². The second kappa shape index (κ2) is 5.26. The van der Waals surface area contributed by atoms with Crippen LogP contribution in [0, 0.1) is 0 Å². The first-order chi connectivity index (χ1) is 7.06. The average molecular weight is 210 g/mol. The third kappa shape index (κ3) is 4.42. The van der Waals surface area contributed by atoms with Crippen LogP contribution in [0.15, 0.2) is 30.3 Å². The summed E-state index contributed by atoms with van der Waals surface area (Å²) in [5.74, 6) is -1.67. The van der Waals surface area contributed by atoms with Gasteiger partial charge in [0.1, 0.15) is 0 Å². The van der Waals surface area contributed by atoms with Gasteiger partial charge in [-0.1, -0.05) is 37.3 Å². The molecule has 1 aromatic rings. The highest BCUT2D eigenvalue weighted by atomic mass is 16.6. The van der Waals surface area contributed by atoms with Crippen molar-refractivity contribution in [1.82, 2.24) is 0 Å². The lowest BCUT2D eigenvalue weighted by atomic mass is 10.0. The van der Waals surface area contributed by atoms with Crippen molar-refractivity contribution in [2.45, 2.75) is 32.2 Å². The number of epoxide rings is 1. The molecule has 84 valence electrons. The Balaban J connectivity index is 0.000000234. The molecule has 0 bridgehead atoms. The van der Waals surface area contributed by atoms with Crippen LogP contribution in [0.25, 0.3) is 0 Å². The molecule has 1 aromatic carbocycles. The van der Waals surface area contributed by atoms with Gasteiger partial charge in [-0.2, -0.15) is 0 Å². The highest BCUT2D eigenvalue weighted by Crippen LogP contribution is 2.20. The number of hydrogen-bond donors (Lipinski definition) is 2. The second-order valence-electron chi connectivity index (χ2n) is 3.68. The normalized spacial score (nSPS) is 19.1. The van der Waals surface area contributed by atoms with Gasteiger partial charge in [0.05, 0.1) is 12.7 Å². The Morgan fingerprint density at radius 3 is 2.13 bits per heavy atom. The topological polar surface area (TPSA) is 53.0 Å². The van der Waals surface area contributed by atoms with Crippen LogP contribution in [0.2, 0.25) is 0 Å². The fourth-order valence-corrected chi connectivity index (χ4v) is 1.01. The number of benzene rings is 1. The molecule has 0 spiro atoms. The minimum atomic E-state index is -1.67. The maximum Gasteiger partial charge on any atom is 0.189 e. The summed E-state index contributed by atoms with van der Waals surface area (Å²) in [5, 5.41) is 18.7. The number of hydrogen-bond acceptors (Lipinski definition) is 3. The van der Waals surface area contributed by atoms with Crippen LogP contribution in [0.3, 0.4) is 0 Å². The summed E-state index contributed by atoms with van der Waals surface area (Å²) < 4.78 is 4.71. The summed E-state index contributed by atoms with van der Waals surface area (Å²) in [6.07, 6.45) is 0.886. The van der Waals surface area contributed by atoms with E-state index in [0.717, 1.165) is 6.61 Å². The van der Waals surface area contributed by atoms with E-state index in [-0.39, 0.29) is 0 Å². The van der Waals surface area contributed by atoms with Crippen molar-refractivity contribution < 1.29 is 14.9 Å². The molecule has 1 saturated heterocycles. The first kappa shape index (κ1) is 12.2. The standard InChI is InChI=1S/C9H12O2.C3H6O/c1-2-9(10,11)8-6-4-3-5-7-8;1-3-2-4-3/h3-7,10-11H,2H2,1H3;3H,2H2,1H3. The van der Waals surface area contributed by atoms with E-state index in [1.807, 2.05) is 6.07 Å². The van der Waals surface area contributed by atoms with Crippen LogP contribution in [-0.4, -0.2) is 22.9 Å². The van der Waals surface area contributed by atoms with Gasteiger partial charge in [0.15, 0.2) is 5.79 Å². The molecular weight excluding hydrogens is 192 g/mol. The highest BCUT2D eigenvalue weighted by Gasteiger charge is 2.21. The van der Waals surface area contributed by atoms with Crippen molar-refractivity contribution in [3.63, 3.8) is 0 Å². The fraction of sp³-hybridized carbons (Fsp3) is 0.500. The lowest BCUT2D eigenvalue weighted by Gasteiger charge is -2.19. The fourth-order valence-electron chi connectivity index (χ4n) is 1.01. The van der Waals surface area contributed by atoms with Crippen molar-refractivity contribution >= 4 is 0 Å². The van der Waals surface area contributed by atoms with E-state index in [2.05, 4.69) is 6.92 Å². The molecule has 1 heterocycles. The quantitative estimate of drug-likeness (QED) is 0.576. The van der Waals surface area contributed by atoms with Crippen molar-refractivity contribution in [2.24, 2.45) is 0 Å². The molecule has 1 unspecified atom stereocenters. The van der Waals surface area contributed by atoms with Crippen LogP contribution in [0.5, 0.6) is 0 Å². The number of rotatable bonds is 2. The van der Waals surface area contributed by atoms with Crippen LogP contribution < -0.4 is 0 Å². The zero-order chi connectivity index (χ0) is 11.3. The third-order valence-corrected chi connectivity index (χ3v) is 2.23. The predicted molar refractivity (Wildman–Crippen MR) is 58.3 cm³/mol. The Hall–Kier alpha value is -0.900. The molecule has 3 nitrogen and oxygen atoms in total. The van der Waals surface area contributed by atoms with E-state index in [4.69, 9.17) is 4.74 Å². The molecule has 2 rings (SSSR count). The first-order valence-electron chi connectivity index (χ1n) is 5.18. The molecule has 2 N–H and O–H groups in total. The van der Waals surface area contributed by atoms with Gasteiger partial charge < -0.3 is 14.9 Å². The lowest BCUT2D eigenvalue weighted by Crippen LogP contribution is -2.23. The Kier molecular flexibility index (Phi) is 4.27. The van der Waals surface area contributed by atoms with Crippen LogP contribution in [0.1, 0.15) is 25.8 Å². The lowest BCUT2D eigenvalue weighted by molar-refractivity contribution is -0.171. The van der Waals surface area contributed by atoms with E-state index in [0.29, 0.717) is 18.1 Å². The Morgan fingerprint density at radius 1 is 1.33 bits per heavy atom. The molecule has 1 aliphatic rings. The first-order valence-corrected chi connectivity index (χ1v) is 5.18. The third-order valence-electron chi connectivity index (χ3n) is 2.23. The molecule has 0 aromatic heterocycles. The molecule has 1 fully saturated rings. The smallest absolute Gasteiger partial charge is 0.189 e. The molecule has 15 heavy (non-hydrogen) atoms. The molecule has 1 atom stereocenters. The van der Waals surface area contributed by atoms with E-state index in [1.165, 1.54) is 0 Å². The van der Waals surface area contributed by atoms with Gasteiger partial charge in [0.25, 0.3) is 0 Å². The van der Waals surface area contributed by atoms with Gasteiger partial charge in [0.2, 0.25) is 0 Å². The Morgan fingerprint density at radius 2 is 1.80 bits per heavy atom. The van der Waals surface area contributed by atoms with Gasteiger partial charge in [-0.15, -0.1) is 0 Å². The Labute approximate surface area is 90.3 Å². The van der Waals surface area contributed by atoms with E-state index in [9.17, 15) is 10.2 Å². The largest absolute Gasteiger partial charge is 0.373 e. The van der Waals surface area contributed by atoms with Crippen LogP contribution >= 0.6 is 0 Å². The summed E-state index contributed by atoms with van der Waals surface area (Å²) >= 11 is 0. The van der Waals surface area contributed by atoms with Crippen molar-refractivity contribution in [1.29, 1.82) is 0 Å². The van der Waals surface area contributed by atoms with Gasteiger partial charge in [-0.25, -0.2) is 0 Å². The van der Waals surface area contributed by atoms with E-state index in [1.54, 1.807) is 31.2 Å². The minimum Gasteiger partial charge on any atom is -0.373 e. The summed E-state index contributed by atoms with van der Waals surface area (Å²) in [6, 6.07) is 8.81. The molecule has 0 aliphatic carbocycles. The zero-order valence-electron chi connectivity index (χ0n) is 9.18. The van der Waals surface area contributed by atoms with Crippen LogP contribution in [-0.2, 0) is 10.5 Å². The molecule has 1 aliphatic heterocycles. The van der Waals surface area contributed by atoms with Gasteiger partial charge in [-0.3, -0.25) is 0 Å². The predicted octanol–water partition coefficient (Wildman–Crippen LogP) is 1.64. The molecular formula is C12H18O3. The molecule has 0 saturated carbocycles. The maximum atomic E-state index is 9.35.